The van der Waals surface area contributed by atoms with Gasteiger partial charge in [-0.05, 0) is 30.9 Å². The van der Waals surface area contributed by atoms with Crippen LogP contribution in [-0.4, -0.2) is 28.6 Å². The Kier molecular flexibility index (Phi) is 3.93. The maximum atomic E-state index is 13.3. The summed E-state index contributed by atoms with van der Waals surface area (Å²) in [4.78, 5) is 11.5. The van der Waals surface area contributed by atoms with Crippen molar-refractivity contribution in [2.24, 2.45) is 0 Å². The summed E-state index contributed by atoms with van der Waals surface area (Å²) >= 11 is 1.51. The van der Waals surface area contributed by atoms with Crippen molar-refractivity contribution in [3.63, 3.8) is 0 Å². The summed E-state index contributed by atoms with van der Waals surface area (Å²) in [7, 11) is 0. The van der Waals surface area contributed by atoms with Gasteiger partial charge in [-0.25, -0.2) is 9.18 Å². The van der Waals surface area contributed by atoms with E-state index in [4.69, 9.17) is 5.11 Å². The van der Waals surface area contributed by atoms with E-state index in [0.717, 1.165) is 11.8 Å². The number of thioether (sulfide) groups is 1. The Hall–Kier alpha value is -1.07. The van der Waals surface area contributed by atoms with E-state index in [1.54, 1.807) is 12.1 Å². The molecule has 1 aromatic rings. The number of benzene rings is 1. The minimum absolute atomic E-state index is 0.250. The lowest BCUT2D eigenvalue weighted by atomic mass is 9.91. The minimum atomic E-state index is -2.34. The number of hydrogen-bond donors (Lipinski definition) is 2. The van der Waals surface area contributed by atoms with E-state index < -0.39 is 17.7 Å². The van der Waals surface area contributed by atoms with Crippen molar-refractivity contribution >= 4 is 17.7 Å². The highest BCUT2D eigenvalue weighted by molar-refractivity contribution is 7.98. The fraction of sp³-hybridized carbons (Fsp3) is 0.364. The molecular formula is C11H13FO3S. The summed E-state index contributed by atoms with van der Waals surface area (Å²) in [5.74, 6) is -1.67. The SMILES string of the molecule is CSc1ccc(C(C)(O)C(F)C(=O)O)cc1. The summed E-state index contributed by atoms with van der Waals surface area (Å²) in [6.07, 6.45) is -0.449. The van der Waals surface area contributed by atoms with Crippen LogP contribution in [0.2, 0.25) is 0 Å². The van der Waals surface area contributed by atoms with Crippen molar-refractivity contribution < 1.29 is 19.4 Å². The molecule has 2 unspecified atom stereocenters. The molecule has 0 amide bonds. The number of aliphatic hydroxyl groups is 1. The first-order valence-electron chi connectivity index (χ1n) is 4.63. The summed E-state index contributed by atoms with van der Waals surface area (Å²) in [5, 5.41) is 18.4. The Labute approximate surface area is 97.3 Å². The van der Waals surface area contributed by atoms with Crippen LogP contribution >= 0.6 is 11.8 Å². The molecule has 0 spiro atoms. The standard InChI is InChI=1S/C11H13FO3S/c1-11(15,9(12)10(13)14)7-3-5-8(16-2)6-4-7/h3-6,9,15H,1-2H3,(H,13,14). The molecule has 0 bridgehead atoms. The molecule has 0 heterocycles. The zero-order valence-electron chi connectivity index (χ0n) is 8.98. The monoisotopic (exact) mass is 244 g/mol. The van der Waals surface area contributed by atoms with Crippen LogP contribution in [0.15, 0.2) is 29.2 Å². The first-order chi connectivity index (χ1) is 7.39. The fourth-order valence-electron chi connectivity index (χ4n) is 1.32. The molecule has 0 aliphatic heterocycles. The van der Waals surface area contributed by atoms with Gasteiger partial charge in [-0.15, -0.1) is 11.8 Å². The second-order valence-electron chi connectivity index (χ2n) is 3.58. The fourth-order valence-corrected chi connectivity index (χ4v) is 1.72. The second kappa shape index (κ2) is 4.84. The topological polar surface area (TPSA) is 57.5 Å². The maximum absolute atomic E-state index is 13.3. The molecule has 0 fully saturated rings. The van der Waals surface area contributed by atoms with Crippen LogP contribution in [0.4, 0.5) is 4.39 Å². The maximum Gasteiger partial charge on any atom is 0.341 e. The molecule has 0 aliphatic rings. The van der Waals surface area contributed by atoms with Crippen LogP contribution in [0.3, 0.4) is 0 Å². The average Bonchev–Trinajstić information content (AvgIpc) is 2.28. The molecule has 0 radical (unpaired) electrons. The van der Waals surface area contributed by atoms with Crippen molar-refractivity contribution in [1.29, 1.82) is 0 Å². The van der Waals surface area contributed by atoms with Gasteiger partial charge in [-0.3, -0.25) is 0 Å². The number of aliphatic carboxylic acids is 1. The van der Waals surface area contributed by atoms with Crippen molar-refractivity contribution in [2.45, 2.75) is 23.6 Å². The molecule has 0 saturated heterocycles. The van der Waals surface area contributed by atoms with Crippen molar-refractivity contribution in [3.05, 3.63) is 29.8 Å². The second-order valence-corrected chi connectivity index (χ2v) is 4.46. The third-order valence-electron chi connectivity index (χ3n) is 2.38. The van der Waals surface area contributed by atoms with Crippen LogP contribution in [-0.2, 0) is 10.4 Å². The van der Waals surface area contributed by atoms with Gasteiger partial charge in [-0.1, -0.05) is 12.1 Å². The van der Waals surface area contributed by atoms with E-state index in [2.05, 4.69) is 0 Å². The molecule has 16 heavy (non-hydrogen) atoms. The highest BCUT2D eigenvalue weighted by Gasteiger charge is 2.39. The number of carboxylic acid groups (broad SMARTS) is 1. The molecule has 5 heteroatoms. The summed E-state index contributed by atoms with van der Waals surface area (Å²) in [6, 6.07) is 6.48. The Bertz CT molecular complexity index is 375. The Morgan fingerprint density at radius 3 is 2.31 bits per heavy atom. The molecule has 0 aromatic heterocycles. The number of hydrogen-bond acceptors (Lipinski definition) is 3. The summed E-state index contributed by atoms with van der Waals surface area (Å²) in [5.41, 5.74) is -1.76. The van der Waals surface area contributed by atoms with Crippen LogP contribution in [0.5, 0.6) is 0 Å². The lowest BCUT2D eigenvalue weighted by molar-refractivity contribution is -0.153. The minimum Gasteiger partial charge on any atom is -0.479 e. The lowest BCUT2D eigenvalue weighted by Crippen LogP contribution is -2.39. The zero-order valence-corrected chi connectivity index (χ0v) is 9.79. The number of carbonyl (C=O) groups is 1. The van der Waals surface area contributed by atoms with Gasteiger partial charge in [0.25, 0.3) is 0 Å². The molecule has 2 N–H and O–H groups in total. The van der Waals surface area contributed by atoms with Crippen molar-refractivity contribution in [1.82, 2.24) is 0 Å². The van der Waals surface area contributed by atoms with Gasteiger partial charge < -0.3 is 10.2 Å². The van der Waals surface area contributed by atoms with Gasteiger partial charge in [-0.2, -0.15) is 0 Å². The normalized spacial score (nSPS) is 16.5. The van der Waals surface area contributed by atoms with Gasteiger partial charge in [0, 0.05) is 4.90 Å². The van der Waals surface area contributed by atoms with Crippen LogP contribution in [0.1, 0.15) is 12.5 Å². The Morgan fingerprint density at radius 2 is 1.94 bits per heavy atom. The molecule has 0 aliphatic carbocycles. The van der Waals surface area contributed by atoms with Crippen molar-refractivity contribution in [3.8, 4) is 0 Å². The van der Waals surface area contributed by atoms with Crippen molar-refractivity contribution in [2.75, 3.05) is 6.26 Å². The van der Waals surface area contributed by atoms with E-state index in [1.165, 1.54) is 23.9 Å². The number of rotatable bonds is 4. The third-order valence-corrected chi connectivity index (χ3v) is 3.13. The first-order valence-corrected chi connectivity index (χ1v) is 5.86. The third kappa shape index (κ3) is 2.54. The van der Waals surface area contributed by atoms with E-state index in [1.807, 2.05) is 6.26 Å². The smallest absolute Gasteiger partial charge is 0.341 e. The highest BCUT2D eigenvalue weighted by atomic mass is 32.2. The highest BCUT2D eigenvalue weighted by Crippen LogP contribution is 2.28. The molecule has 1 rings (SSSR count). The van der Waals surface area contributed by atoms with Gasteiger partial charge in [0.15, 0.2) is 0 Å². The Morgan fingerprint density at radius 1 is 1.44 bits per heavy atom. The first kappa shape index (κ1) is 13.0. The molecule has 88 valence electrons. The predicted molar refractivity (Wildman–Crippen MR) is 60.3 cm³/mol. The summed E-state index contributed by atoms with van der Waals surface area (Å²) < 4.78 is 13.3. The van der Waals surface area contributed by atoms with E-state index in [9.17, 15) is 14.3 Å². The lowest BCUT2D eigenvalue weighted by Gasteiger charge is -2.25. The largest absolute Gasteiger partial charge is 0.479 e. The zero-order chi connectivity index (χ0) is 12.3. The number of halogens is 1. The van der Waals surface area contributed by atoms with Gasteiger partial charge in [0.2, 0.25) is 6.17 Å². The van der Waals surface area contributed by atoms with Crippen LogP contribution < -0.4 is 0 Å². The van der Waals surface area contributed by atoms with E-state index >= 15 is 0 Å². The molecule has 3 nitrogen and oxygen atoms in total. The van der Waals surface area contributed by atoms with E-state index in [-0.39, 0.29) is 5.56 Å². The van der Waals surface area contributed by atoms with Gasteiger partial charge in [0.05, 0.1) is 0 Å². The average molecular weight is 244 g/mol. The van der Waals surface area contributed by atoms with Crippen LogP contribution in [0.25, 0.3) is 0 Å². The van der Waals surface area contributed by atoms with Gasteiger partial charge in [0.1, 0.15) is 5.60 Å². The molecular weight excluding hydrogens is 231 g/mol. The van der Waals surface area contributed by atoms with E-state index in [0.29, 0.717) is 0 Å². The molecule has 1 aromatic carbocycles. The quantitative estimate of drug-likeness (QED) is 0.796. The number of carboxylic acids is 1. The number of alkyl halides is 1. The Balaban J connectivity index is 3.02. The van der Waals surface area contributed by atoms with Crippen LogP contribution in [0, 0.1) is 0 Å². The molecule has 2 atom stereocenters. The van der Waals surface area contributed by atoms with Gasteiger partial charge >= 0.3 is 5.97 Å². The predicted octanol–water partition coefficient (Wildman–Crippen LogP) is 2.04. The summed E-state index contributed by atoms with van der Waals surface area (Å²) in [6.45, 7) is 1.15. The molecule has 0 saturated carbocycles.